The maximum absolute atomic E-state index is 12.9. The first-order valence-corrected chi connectivity index (χ1v) is 3.85. The van der Waals surface area contributed by atoms with E-state index in [1.165, 1.54) is 6.21 Å². The second-order valence-corrected chi connectivity index (χ2v) is 2.76. The van der Waals surface area contributed by atoms with Crippen molar-refractivity contribution in [2.24, 2.45) is 5.10 Å². The molecule has 4 heteroatoms. The summed E-state index contributed by atoms with van der Waals surface area (Å²) in [4.78, 5) is 0. The lowest BCUT2D eigenvalue weighted by atomic mass is 10.1. The molecule has 2 rings (SSSR count). The quantitative estimate of drug-likeness (QED) is 0.707. The minimum Gasteiger partial charge on any atom is -0.303 e. The Balaban J connectivity index is 2.41. The minimum absolute atomic E-state index is 0.243. The van der Waals surface area contributed by atoms with Crippen molar-refractivity contribution in [3.05, 3.63) is 35.4 Å². The van der Waals surface area contributed by atoms with Crippen molar-refractivity contribution in [2.75, 3.05) is 0 Å². The molecule has 0 aromatic heterocycles. The molecule has 1 aliphatic rings. The molecule has 1 aliphatic heterocycles. The molecule has 1 N–H and O–H groups in total. The Morgan fingerprint density at radius 1 is 1.38 bits per heavy atom. The van der Waals surface area contributed by atoms with Gasteiger partial charge in [0.1, 0.15) is 11.6 Å². The van der Waals surface area contributed by atoms with E-state index < -0.39 is 17.7 Å². The number of hydrogen-bond acceptors (Lipinski definition) is 2. The predicted molar refractivity (Wildman–Crippen MR) is 45.3 cm³/mol. The van der Waals surface area contributed by atoms with E-state index in [0.717, 1.165) is 18.2 Å². The van der Waals surface area contributed by atoms with Crippen molar-refractivity contribution >= 4 is 6.21 Å². The molecule has 1 aromatic rings. The molecule has 0 fully saturated rings. The normalized spacial score (nSPS) is 27.1. The molecular formula is C9H8F2N2. The van der Waals surface area contributed by atoms with E-state index >= 15 is 0 Å². The lowest BCUT2D eigenvalue weighted by molar-refractivity contribution is 0.561. The van der Waals surface area contributed by atoms with Gasteiger partial charge in [-0.3, -0.25) is 0 Å². The molecule has 0 aliphatic carbocycles. The molecule has 13 heavy (non-hydrogen) atoms. The third kappa shape index (κ3) is 1.66. The minimum atomic E-state index is -1.23. The largest absolute Gasteiger partial charge is 0.303 e. The molecule has 1 atom stereocenters. The topological polar surface area (TPSA) is 24.4 Å². The standard InChI is InChI=1S/C9H8F2N2/c10-7-3-6(4-8(11)5-7)9-1-2-12-13-9/h2-5,9,13H,1H2/i9D. The molecule has 0 spiro atoms. The summed E-state index contributed by atoms with van der Waals surface area (Å²) < 4.78 is 33.6. The Morgan fingerprint density at radius 3 is 2.62 bits per heavy atom. The van der Waals surface area contributed by atoms with Crippen LogP contribution in [-0.4, -0.2) is 6.21 Å². The van der Waals surface area contributed by atoms with Crippen LogP contribution in [0.2, 0.25) is 0 Å². The van der Waals surface area contributed by atoms with Crippen LogP contribution in [0.3, 0.4) is 0 Å². The van der Waals surface area contributed by atoms with Gasteiger partial charge < -0.3 is 5.43 Å². The zero-order valence-electron chi connectivity index (χ0n) is 7.72. The van der Waals surface area contributed by atoms with Crippen LogP contribution in [-0.2, 0) is 0 Å². The number of halogens is 2. The number of nitrogens with one attached hydrogen (secondary N) is 1. The average Bonchev–Trinajstić information content (AvgIpc) is 2.52. The summed E-state index contributed by atoms with van der Waals surface area (Å²) in [7, 11) is 0. The average molecular weight is 183 g/mol. The smallest absolute Gasteiger partial charge is 0.126 e. The van der Waals surface area contributed by atoms with Gasteiger partial charge in [-0.25, -0.2) is 8.78 Å². The van der Waals surface area contributed by atoms with Gasteiger partial charge in [0, 0.05) is 18.7 Å². The lowest BCUT2D eigenvalue weighted by Gasteiger charge is -2.09. The highest BCUT2D eigenvalue weighted by Crippen LogP contribution is 2.20. The third-order valence-electron chi connectivity index (χ3n) is 1.80. The molecular weight excluding hydrogens is 174 g/mol. The molecule has 1 aromatic carbocycles. The third-order valence-corrected chi connectivity index (χ3v) is 1.80. The van der Waals surface area contributed by atoms with E-state index in [1.54, 1.807) is 0 Å². The summed E-state index contributed by atoms with van der Waals surface area (Å²) >= 11 is 0. The summed E-state index contributed by atoms with van der Waals surface area (Å²) in [5.41, 5.74) is 2.75. The van der Waals surface area contributed by atoms with Crippen molar-refractivity contribution in [3.63, 3.8) is 0 Å². The first kappa shape index (κ1) is 7.00. The Hall–Kier alpha value is -1.45. The van der Waals surface area contributed by atoms with Crippen molar-refractivity contribution in [2.45, 2.75) is 12.4 Å². The van der Waals surface area contributed by atoms with E-state index in [1.807, 2.05) is 0 Å². The van der Waals surface area contributed by atoms with Crippen LogP contribution in [0.1, 0.15) is 19.4 Å². The number of hydrazone groups is 1. The van der Waals surface area contributed by atoms with Crippen molar-refractivity contribution < 1.29 is 10.2 Å². The van der Waals surface area contributed by atoms with Gasteiger partial charge in [0.2, 0.25) is 0 Å². The molecule has 0 saturated carbocycles. The second-order valence-electron chi connectivity index (χ2n) is 2.76. The van der Waals surface area contributed by atoms with Crippen molar-refractivity contribution in [1.29, 1.82) is 0 Å². The molecule has 0 bridgehead atoms. The van der Waals surface area contributed by atoms with Gasteiger partial charge in [-0.1, -0.05) is 0 Å². The molecule has 0 saturated heterocycles. The van der Waals surface area contributed by atoms with Crippen LogP contribution in [0.4, 0.5) is 8.78 Å². The SMILES string of the molecule is [2H]C1(c2cc(F)cc(F)c2)CC=NN1. The van der Waals surface area contributed by atoms with Gasteiger partial charge >= 0.3 is 0 Å². The fourth-order valence-corrected chi connectivity index (χ4v) is 1.22. The summed E-state index contributed by atoms with van der Waals surface area (Å²) in [6.07, 6.45) is 1.81. The maximum Gasteiger partial charge on any atom is 0.126 e. The van der Waals surface area contributed by atoms with E-state index in [9.17, 15) is 8.78 Å². The Kier molecular flexibility index (Phi) is 1.68. The van der Waals surface area contributed by atoms with Crippen LogP contribution < -0.4 is 5.43 Å². The Morgan fingerprint density at radius 2 is 2.08 bits per heavy atom. The highest BCUT2D eigenvalue weighted by Gasteiger charge is 2.14. The van der Waals surface area contributed by atoms with E-state index in [4.69, 9.17) is 1.37 Å². The van der Waals surface area contributed by atoms with Crippen LogP contribution in [0.25, 0.3) is 0 Å². The lowest BCUT2D eigenvalue weighted by Crippen LogP contribution is -2.10. The fourth-order valence-electron chi connectivity index (χ4n) is 1.22. The van der Waals surface area contributed by atoms with E-state index in [0.29, 0.717) is 6.42 Å². The summed E-state index contributed by atoms with van der Waals surface area (Å²) in [6.45, 7) is 0. The number of benzene rings is 1. The molecule has 0 amide bonds. The Bertz CT molecular complexity index is 364. The first-order chi connectivity index (χ1) is 6.60. The zero-order chi connectivity index (χ0) is 10.2. The highest BCUT2D eigenvalue weighted by atomic mass is 19.1. The maximum atomic E-state index is 12.9. The van der Waals surface area contributed by atoms with Crippen LogP contribution in [0.5, 0.6) is 0 Å². The Labute approximate surface area is 75.7 Å². The van der Waals surface area contributed by atoms with Crippen molar-refractivity contribution in [1.82, 2.24) is 5.43 Å². The number of hydrogen-bond donors (Lipinski definition) is 1. The fraction of sp³-hybridized carbons (Fsp3) is 0.222. The van der Waals surface area contributed by atoms with Gasteiger partial charge in [-0.2, -0.15) is 5.10 Å². The van der Waals surface area contributed by atoms with Crippen LogP contribution >= 0.6 is 0 Å². The summed E-state index contributed by atoms with van der Waals surface area (Å²) in [5, 5.41) is 3.66. The zero-order valence-corrected chi connectivity index (χ0v) is 6.72. The van der Waals surface area contributed by atoms with Gasteiger partial charge in [-0.15, -0.1) is 0 Å². The summed E-state index contributed by atoms with van der Waals surface area (Å²) in [5.74, 6) is -1.36. The first-order valence-electron chi connectivity index (χ1n) is 4.35. The molecule has 2 nitrogen and oxygen atoms in total. The van der Waals surface area contributed by atoms with Gasteiger partial charge in [0.05, 0.1) is 7.39 Å². The second kappa shape index (κ2) is 3.12. The van der Waals surface area contributed by atoms with Crippen molar-refractivity contribution in [3.8, 4) is 0 Å². The van der Waals surface area contributed by atoms with Gasteiger partial charge in [0.15, 0.2) is 0 Å². The van der Waals surface area contributed by atoms with Crippen LogP contribution in [0.15, 0.2) is 23.3 Å². The molecule has 0 radical (unpaired) electrons. The van der Waals surface area contributed by atoms with Gasteiger partial charge in [0.25, 0.3) is 0 Å². The number of nitrogens with zero attached hydrogens (tertiary/aromatic N) is 1. The van der Waals surface area contributed by atoms with E-state index in [-0.39, 0.29) is 5.56 Å². The number of rotatable bonds is 1. The predicted octanol–water partition coefficient (Wildman–Crippen LogP) is 1.98. The van der Waals surface area contributed by atoms with E-state index in [2.05, 4.69) is 10.5 Å². The highest BCUT2D eigenvalue weighted by molar-refractivity contribution is 5.60. The van der Waals surface area contributed by atoms with Gasteiger partial charge in [-0.05, 0) is 17.7 Å². The summed E-state index contributed by atoms with van der Waals surface area (Å²) in [6, 6.07) is 1.82. The molecule has 1 unspecified atom stereocenters. The monoisotopic (exact) mass is 183 g/mol. The molecule has 1 heterocycles. The molecule has 68 valence electrons. The van der Waals surface area contributed by atoms with Crippen LogP contribution in [0, 0.1) is 11.6 Å².